The number of fused-ring (bicyclic) bond motifs is 1. The summed E-state index contributed by atoms with van der Waals surface area (Å²) in [7, 11) is 0. The van der Waals surface area contributed by atoms with Gasteiger partial charge in [0.25, 0.3) is 0 Å². The van der Waals surface area contributed by atoms with E-state index < -0.39 is 0 Å². The lowest BCUT2D eigenvalue weighted by atomic mass is 9.91. The molecule has 0 radical (unpaired) electrons. The first kappa shape index (κ1) is 14.0. The molecule has 2 atom stereocenters. The lowest BCUT2D eigenvalue weighted by Gasteiger charge is -2.26. The van der Waals surface area contributed by atoms with Crippen molar-refractivity contribution < 1.29 is 14.2 Å². The normalized spacial score (nSPS) is 25.0. The van der Waals surface area contributed by atoms with E-state index in [1.54, 1.807) is 0 Å². The van der Waals surface area contributed by atoms with E-state index in [4.69, 9.17) is 25.8 Å². The minimum Gasteiger partial charge on any atom is -0.489 e. The van der Waals surface area contributed by atoms with Gasteiger partial charge >= 0.3 is 0 Å². The fourth-order valence-electron chi connectivity index (χ4n) is 2.72. The van der Waals surface area contributed by atoms with Crippen molar-refractivity contribution in [1.29, 1.82) is 0 Å². The Hall–Kier alpha value is -0.930. The molecule has 110 valence electrons. The van der Waals surface area contributed by atoms with Crippen molar-refractivity contribution in [1.82, 2.24) is 0 Å². The smallest absolute Gasteiger partial charge is 0.161 e. The van der Waals surface area contributed by atoms with Crippen LogP contribution in [0.15, 0.2) is 18.2 Å². The fraction of sp³-hybridized carbons (Fsp3) is 0.625. The van der Waals surface area contributed by atoms with Crippen LogP contribution in [-0.2, 0) is 4.74 Å². The van der Waals surface area contributed by atoms with E-state index in [0.717, 1.165) is 43.1 Å². The van der Waals surface area contributed by atoms with Crippen LogP contribution in [0.4, 0.5) is 0 Å². The van der Waals surface area contributed by atoms with Gasteiger partial charge in [0, 0.05) is 19.1 Å². The molecule has 3 nitrogen and oxygen atoms in total. The summed E-state index contributed by atoms with van der Waals surface area (Å²) in [5.41, 5.74) is 1.12. The van der Waals surface area contributed by atoms with Gasteiger partial charge in [-0.3, -0.25) is 0 Å². The molecule has 2 aliphatic heterocycles. The van der Waals surface area contributed by atoms with Gasteiger partial charge in [-0.15, -0.1) is 11.6 Å². The molecule has 1 saturated heterocycles. The van der Waals surface area contributed by atoms with Crippen LogP contribution in [0.5, 0.6) is 11.5 Å². The molecule has 0 saturated carbocycles. The molecular formula is C16H21ClO3. The molecule has 0 amide bonds. The van der Waals surface area contributed by atoms with Crippen LogP contribution in [0.2, 0.25) is 0 Å². The van der Waals surface area contributed by atoms with Crippen LogP contribution >= 0.6 is 11.6 Å². The van der Waals surface area contributed by atoms with Crippen molar-refractivity contribution in [3.8, 4) is 11.5 Å². The van der Waals surface area contributed by atoms with Gasteiger partial charge in [-0.1, -0.05) is 13.0 Å². The molecule has 0 bridgehead atoms. The first-order chi connectivity index (χ1) is 9.74. The summed E-state index contributed by atoms with van der Waals surface area (Å²) in [4.78, 5) is 0. The van der Waals surface area contributed by atoms with Gasteiger partial charge in [-0.2, -0.15) is 0 Å². The van der Waals surface area contributed by atoms with Crippen LogP contribution in [0.3, 0.4) is 0 Å². The largest absolute Gasteiger partial charge is 0.489 e. The third-order valence-corrected chi connectivity index (χ3v) is 4.62. The van der Waals surface area contributed by atoms with Gasteiger partial charge in [0.1, 0.15) is 0 Å². The molecule has 2 aliphatic rings. The number of ether oxygens (including phenoxy) is 3. The summed E-state index contributed by atoms with van der Waals surface area (Å²) < 4.78 is 17.0. The van der Waals surface area contributed by atoms with Crippen molar-refractivity contribution in [3.05, 3.63) is 23.8 Å². The zero-order valence-corrected chi connectivity index (χ0v) is 12.6. The Morgan fingerprint density at radius 2 is 1.80 bits per heavy atom. The summed E-state index contributed by atoms with van der Waals surface area (Å²) in [6.07, 6.45) is 2.05. The zero-order chi connectivity index (χ0) is 13.9. The van der Waals surface area contributed by atoms with Gasteiger partial charge in [0.2, 0.25) is 0 Å². The number of hydrogen-bond acceptors (Lipinski definition) is 3. The highest BCUT2D eigenvalue weighted by Crippen LogP contribution is 2.39. The first-order valence-corrected chi connectivity index (χ1v) is 7.79. The average Bonchev–Trinajstić information content (AvgIpc) is 2.69. The molecule has 3 rings (SSSR count). The second kappa shape index (κ2) is 6.23. The monoisotopic (exact) mass is 296 g/mol. The minimum absolute atomic E-state index is 0.0217. The number of halogens is 1. The maximum atomic E-state index is 6.65. The van der Waals surface area contributed by atoms with Gasteiger partial charge in [-0.25, -0.2) is 0 Å². The maximum Gasteiger partial charge on any atom is 0.161 e. The maximum absolute atomic E-state index is 6.65. The predicted octanol–water partition coefficient (Wildman–Crippen LogP) is 3.80. The van der Waals surface area contributed by atoms with E-state index in [2.05, 4.69) is 13.0 Å². The van der Waals surface area contributed by atoms with Crippen molar-refractivity contribution in [2.45, 2.75) is 25.1 Å². The van der Waals surface area contributed by atoms with Crippen LogP contribution in [0, 0.1) is 11.8 Å². The van der Waals surface area contributed by atoms with E-state index in [1.165, 1.54) is 0 Å². The third kappa shape index (κ3) is 3.04. The topological polar surface area (TPSA) is 27.7 Å². The van der Waals surface area contributed by atoms with Crippen LogP contribution in [0.1, 0.15) is 30.7 Å². The second-order valence-electron chi connectivity index (χ2n) is 5.78. The summed E-state index contributed by atoms with van der Waals surface area (Å²) in [5, 5.41) is 0.0217. The van der Waals surface area contributed by atoms with Crippen LogP contribution in [-0.4, -0.2) is 26.4 Å². The van der Waals surface area contributed by atoms with Crippen molar-refractivity contribution in [2.75, 3.05) is 26.4 Å². The number of hydrogen-bond donors (Lipinski definition) is 0. The molecule has 2 heterocycles. The molecule has 4 heteroatoms. The SMILES string of the molecule is CC1COc2ccc(C(Cl)C3CCOCC3)cc2OC1. The van der Waals surface area contributed by atoms with Crippen LogP contribution in [0.25, 0.3) is 0 Å². The van der Waals surface area contributed by atoms with E-state index in [-0.39, 0.29) is 5.38 Å². The first-order valence-electron chi connectivity index (χ1n) is 7.35. The van der Waals surface area contributed by atoms with E-state index >= 15 is 0 Å². The Morgan fingerprint density at radius 3 is 2.55 bits per heavy atom. The highest BCUT2D eigenvalue weighted by molar-refractivity contribution is 6.21. The predicted molar refractivity (Wildman–Crippen MR) is 78.7 cm³/mol. The zero-order valence-electron chi connectivity index (χ0n) is 11.8. The summed E-state index contributed by atoms with van der Waals surface area (Å²) in [6, 6.07) is 6.09. The Morgan fingerprint density at radius 1 is 1.10 bits per heavy atom. The number of rotatable bonds is 2. The standard InChI is InChI=1S/C16H21ClO3/c1-11-9-19-14-3-2-13(8-15(14)20-10-11)16(17)12-4-6-18-7-5-12/h2-3,8,11-12,16H,4-7,9-10H2,1H3. The highest BCUT2D eigenvalue weighted by atomic mass is 35.5. The fourth-order valence-corrected chi connectivity index (χ4v) is 3.11. The van der Waals surface area contributed by atoms with E-state index in [9.17, 15) is 0 Å². The Kier molecular flexibility index (Phi) is 4.37. The summed E-state index contributed by atoms with van der Waals surface area (Å²) >= 11 is 6.65. The van der Waals surface area contributed by atoms with Gasteiger partial charge < -0.3 is 14.2 Å². The van der Waals surface area contributed by atoms with Crippen molar-refractivity contribution >= 4 is 11.6 Å². The molecule has 1 aromatic rings. The second-order valence-corrected chi connectivity index (χ2v) is 6.26. The molecule has 0 N–H and O–H groups in total. The van der Waals surface area contributed by atoms with Crippen LogP contribution < -0.4 is 9.47 Å². The molecule has 0 aliphatic carbocycles. The summed E-state index contributed by atoms with van der Waals surface area (Å²) in [6.45, 7) is 5.16. The minimum atomic E-state index is 0.0217. The van der Waals surface area contributed by atoms with Gasteiger partial charge in [-0.05, 0) is 36.5 Å². The molecule has 2 unspecified atom stereocenters. The Balaban J connectivity index is 1.77. The lowest BCUT2D eigenvalue weighted by Crippen LogP contribution is -2.19. The Labute approximate surface area is 125 Å². The lowest BCUT2D eigenvalue weighted by molar-refractivity contribution is 0.0650. The Bertz CT molecular complexity index is 457. The quantitative estimate of drug-likeness (QED) is 0.777. The number of benzene rings is 1. The third-order valence-electron chi connectivity index (χ3n) is 4.01. The molecule has 1 fully saturated rings. The molecule has 20 heavy (non-hydrogen) atoms. The molecule has 0 aromatic heterocycles. The summed E-state index contributed by atoms with van der Waals surface area (Å²) in [5.74, 6) is 2.54. The van der Waals surface area contributed by atoms with Crippen molar-refractivity contribution in [2.24, 2.45) is 11.8 Å². The molecular weight excluding hydrogens is 276 g/mol. The van der Waals surface area contributed by atoms with Gasteiger partial charge in [0.15, 0.2) is 11.5 Å². The average molecular weight is 297 g/mol. The van der Waals surface area contributed by atoms with Crippen molar-refractivity contribution in [3.63, 3.8) is 0 Å². The molecule has 1 aromatic carbocycles. The van der Waals surface area contributed by atoms with E-state index in [0.29, 0.717) is 25.0 Å². The number of alkyl halides is 1. The van der Waals surface area contributed by atoms with E-state index in [1.807, 2.05) is 12.1 Å². The molecule has 0 spiro atoms. The van der Waals surface area contributed by atoms with Gasteiger partial charge in [0.05, 0.1) is 18.6 Å². The highest BCUT2D eigenvalue weighted by Gasteiger charge is 2.25.